The third kappa shape index (κ3) is 3.43. The predicted molar refractivity (Wildman–Crippen MR) is 94.0 cm³/mol. The summed E-state index contributed by atoms with van der Waals surface area (Å²) >= 11 is 0. The average Bonchev–Trinajstić information content (AvgIpc) is 2.92. The average molecular weight is 346 g/mol. The maximum Gasteiger partial charge on any atom is 0.410 e. The number of benzene rings is 1. The molecule has 136 valence electrons. The number of methoxy groups -OCH3 is 1. The minimum Gasteiger partial charge on any atom is -0.497 e. The fourth-order valence-electron chi connectivity index (χ4n) is 3.70. The highest BCUT2D eigenvalue weighted by molar-refractivity contribution is 5.96. The van der Waals surface area contributed by atoms with Crippen molar-refractivity contribution >= 4 is 12.0 Å². The molecular formula is C19H26N2O4. The van der Waals surface area contributed by atoms with Crippen LogP contribution in [0.5, 0.6) is 5.75 Å². The number of hydrogen-bond donors (Lipinski definition) is 0. The molecule has 0 N–H and O–H groups in total. The van der Waals surface area contributed by atoms with Crippen LogP contribution in [-0.2, 0) is 4.74 Å². The lowest BCUT2D eigenvalue weighted by atomic mass is 9.87. The van der Waals surface area contributed by atoms with E-state index in [2.05, 4.69) is 0 Å². The number of amides is 2. The number of nitrogens with zero attached hydrogens (tertiary/aromatic N) is 2. The first-order valence-corrected chi connectivity index (χ1v) is 8.61. The van der Waals surface area contributed by atoms with Gasteiger partial charge in [0.15, 0.2) is 0 Å². The van der Waals surface area contributed by atoms with Crippen LogP contribution in [0, 0.1) is 5.92 Å². The first kappa shape index (κ1) is 17.6. The van der Waals surface area contributed by atoms with Crippen LogP contribution in [0.2, 0.25) is 0 Å². The molecule has 2 aliphatic heterocycles. The topological polar surface area (TPSA) is 59.1 Å². The molecule has 0 saturated carbocycles. The van der Waals surface area contributed by atoms with E-state index in [0.29, 0.717) is 30.9 Å². The van der Waals surface area contributed by atoms with Gasteiger partial charge in [-0.25, -0.2) is 4.79 Å². The van der Waals surface area contributed by atoms with Gasteiger partial charge in [0.05, 0.1) is 7.11 Å². The normalized spacial score (nSPS) is 23.0. The van der Waals surface area contributed by atoms with Crippen LogP contribution in [-0.4, -0.2) is 61.2 Å². The lowest BCUT2D eigenvalue weighted by Crippen LogP contribution is -2.37. The standard InChI is InChI=1S/C19H26N2O4/c1-19(2,3)25-18(23)21-10-12-9-20(4)17(22)15-8-13(24-5)6-7-14(15)16(12)11-21/h6-8,12,16H,9-11H2,1-5H3/t12-,16-/m1/s1. The van der Waals surface area contributed by atoms with Gasteiger partial charge in [-0.3, -0.25) is 4.79 Å². The Morgan fingerprint density at radius 2 is 1.92 bits per heavy atom. The molecule has 3 rings (SSSR count). The maximum absolute atomic E-state index is 12.7. The van der Waals surface area contributed by atoms with Crippen LogP contribution in [0.25, 0.3) is 0 Å². The Morgan fingerprint density at radius 3 is 2.56 bits per heavy atom. The van der Waals surface area contributed by atoms with Gasteiger partial charge in [0.25, 0.3) is 5.91 Å². The summed E-state index contributed by atoms with van der Waals surface area (Å²) in [5.41, 5.74) is 1.14. The predicted octanol–water partition coefficient (Wildman–Crippen LogP) is 2.73. The molecule has 1 saturated heterocycles. The SMILES string of the molecule is COc1ccc2c(c1)C(=O)N(C)C[C@@H]1CN(C(=O)OC(C)(C)C)C[C@@H]21. The Bertz CT molecular complexity index is 695. The quantitative estimate of drug-likeness (QED) is 0.784. The number of ether oxygens (including phenoxy) is 2. The summed E-state index contributed by atoms with van der Waals surface area (Å²) in [4.78, 5) is 28.7. The van der Waals surface area contributed by atoms with Crippen molar-refractivity contribution in [3.8, 4) is 5.75 Å². The van der Waals surface area contributed by atoms with E-state index in [1.807, 2.05) is 40.0 Å². The second-order valence-corrected chi connectivity index (χ2v) is 7.89. The fourth-order valence-corrected chi connectivity index (χ4v) is 3.70. The molecule has 2 heterocycles. The Kier molecular flexibility index (Phi) is 4.39. The van der Waals surface area contributed by atoms with E-state index in [1.54, 1.807) is 23.0 Å². The highest BCUT2D eigenvalue weighted by atomic mass is 16.6. The molecule has 2 amide bonds. The van der Waals surface area contributed by atoms with Gasteiger partial charge in [0, 0.05) is 44.1 Å². The number of likely N-dealkylation sites (tertiary alicyclic amines) is 1. The smallest absolute Gasteiger partial charge is 0.410 e. The summed E-state index contributed by atoms with van der Waals surface area (Å²) in [5.74, 6) is 1.01. The second-order valence-electron chi connectivity index (χ2n) is 7.89. The van der Waals surface area contributed by atoms with E-state index in [-0.39, 0.29) is 23.8 Å². The van der Waals surface area contributed by atoms with Crippen LogP contribution in [0.3, 0.4) is 0 Å². The van der Waals surface area contributed by atoms with Crippen molar-refractivity contribution in [2.45, 2.75) is 32.3 Å². The molecular weight excluding hydrogens is 320 g/mol. The molecule has 0 radical (unpaired) electrons. The Balaban J connectivity index is 1.91. The van der Waals surface area contributed by atoms with Gasteiger partial charge in [-0.15, -0.1) is 0 Å². The molecule has 0 unspecified atom stereocenters. The van der Waals surface area contributed by atoms with Crippen LogP contribution < -0.4 is 4.74 Å². The summed E-state index contributed by atoms with van der Waals surface area (Å²) < 4.78 is 10.8. The number of carbonyl (C=O) groups is 2. The fraction of sp³-hybridized carbons (Fsp3) is 0.579. The van der Waals surface area contributed by atoms with Crippen LogP contribution in [0.15, 0.2) is 18.2 Å². The largest absolute Gasteiger partial charge is 0.497 e. The van der Waals surface area contributed by atoms with Crippen LogP contribution in [0.1, 0.15) is 42.6 Å². The van der Waals surface area contributed by atoms with E-state index in [9.17, 15) is 9.59 Å². The van der Waals surface area contributed by atoms with Gasteiger partial charge in [0.1, 0.15) is 11.4 Å². The van der Waals surface area contributed by atoms with Gasteiger partial charge in [0.2, 0.25) is 0 Å². The minimum absolute atomic E-state index is 0.00659. The molecule has 6 nitrogen and oxygen atoms in total. The van der Waals surface area contributed by atoms with E-state index < -0.39 is 5.60 Å². The summed E-state index contributed by atoms with van der Waals surface area (Å²) in [6, 6.07) is 5.64. The minimum atomic E-state index is -0.514. The van der Waals surface area contributed by atoms with Crippen molar-refractivity contribution in [1.82, 2.24) is 9.80 Å². The lowest BCUT2D eigenvalue weighted by molar-refractivity contribution is 0.0284. The molecule has 0 aliphatic carbocycles. The summed E-state index contributed by atoms with van der Waals surface area (Å²) in [5, 5.41) is 0. The first-order valence-electron chi connectivity index (χ1n) is 8.61. The third-order valence-corrected chi connectivity index (χ3v) is 4.84. The van der Waals surface area contributed by atoms with E-state index in [4.69, 9.17) is 9.47 Å². The molecule has 25 heavy (non-hydrogen) atoms. The molecule has 1 aromatic carbocycles. The molecule has 1 fully saturated rings. The summed E-state index contributed by atoms with van der Waals surface area (Å²) in [6.45, 7) is 7.40. The second kappa shape index (κ2) is 6.24. The highest BCUT2D eigenvalue weighted by Crippen LogP contribution is 2.39. The van der Waals surface area contributed by atoms with Crippen LogP contribution in [0.4, 0.5) is 4.79 Å². The highest BCUT2D eigenvalue weighted by Gasteiger charge is 2.42. The number of carbonyl (C=O) groups excluding carboxylic acids is 2. The molecule has 0 aromatic heterocycles. The maximum atomic E-state index is 12.7. The Morgan fingerprint density at radius 1 is 1.20 bits per heavy atom. The zero-order chi connectivity index (χ0) is 18.4. The van der Waals surface area contributed by atoms with Crippen molar-refractivity contribution < 1.29 is 19.1 Å². The number of fused-ring (bicyclic) bond motifs is 3. The Hall–Kier alpha value is -2.24. The Labute approximate surface area is 148 Å². The lowest BCUT2D eigenvalue weighted by Gasteiger charge is -2.25. The van der Waals surface area contributed by atoms with Gasteiger partial charge in [-0.05, 0) is 38.5 Å². The van der Waals surface area contributed by atoms with E-state index in [1.165, 1.54) is 0 Å². The molecule has 1 aromatic rings. The van der Waals surface area contributed by atoms with Crippen molar-refractivity contribution in [2.24, 2.45) is 5.92 Å². The summed E-state index contributed by atoms with van der Waals surface area (Å²) in [7, 11) is 3.40. The van der Waals surface area contributed by atoms with Crippen molar-refractivity contribution in [1.29, 1.82) is 0 Å². The zero-order valence-corrected chi connectivity index (χ0v) is 15.5. The van der Waals surface area contributed by atoms with Crippen LogP contribution >= 0.6 is 0 Å². The van der Waals surface area contributed by atoms with Crippen molar-refractivity contribution in [3.05, 3.63) is 29.3 Å². The van der Waals surface area contributed by atoms with E-state index in [0.717, 1.165) is 5.56 Å². The third-order valence-electron chi connectivity index (χ3n) is 4.84. The van der Waals surface area contributed by atoms with Gasteiger partial charge < -0.3 is 19.3 Å². The van der Waals surface area contributed by atoms with Crippen molar-refractivity contribution in [3.63, 3.8) is 0 Å². The van der Waals surface area contributed by atoms with Crippen molar-refractivity contribution in [2.75, 3.05) is 33.8 Å². The molecule has 2 aliphatic rings. The monoisotopic (exact) mass is 346 g/mol. The molecule has 2 atom stereocenters. The number of rotatable bonds is 1. The van der Waals surface area contributed by atoms with E-state index >= 15 is 0 Å². The number of hydrogen-bond acceptors (Lipinski definition) is 4. The molecule has 0 bridgehead atoms. The summed E-state index contributed by atoms with van der Waals surface area (Å²) in [6.07, 6.45) is -0.287. The molecule has 6 heteroatoms. The molecule has 0 spiro atoms. The van der Waals surface area contributed by atoms with Gasteiger partial charge in [-0.1, -0.05) is 6.07 Å². The first-order chi connectivity index (χ1) is 11.7. The zero-order valence-electron chi connectivity index (χ0n) is 15.5. The van der Waals surface area contributed by atoms with Gasteiger partial charge in [-0.2, -0.15) is 0 Å². The van der Waals surface area contributed by atoms with Gasteiger partial charge >= 0.3 is 6.09 Å².